The van der Waals surface area contributed by atoms with Crippen molar-refractivity contribution >= 4 is 0 Å². The lowest BCUT2D eigenvalue weighted by Gasteiger charge is -2.48. The van der Waals surface area contributed by atoms with Crippen LogP contribution in [0.2, 0.25) is 0 Å². The molecule has 2 fully saturated rings. The molecule has 0 spiro atoms. The fourth-order valence-electron chi connectivity index (χ4n) is 3.96. The average molecular weight is 240 g/mol. The molecule has 0 aromatic heterocycles. The van der Waals surface area contributed by atoms with Crippen LogP contribution in [0.5, 0.6) is 0 Å². The number of hydrogen-bond acceptors (Lipinski definition) is 4. The van der Waals surface area contributed by atoms with E-state index in [1.54, 1.807) is 0 Å². The number of nitrogens with one attached hydrogen (secondary N) is 2. The van der Waals surface area contributed by atoms with Crippen LogP contribution in [0.4, 0.5) is 0 Å². The lowest BCUT2D eigenvalue weighted by atomic mass is 9.69. The summed E-state index contributed by atoms with van der Waals surface area (Å²) in [6.07, 6.45) is 13.0. The van der Waals surface area contributed by atoms with E-state index in [0.717, 1.165) is 0 Å². The van der Waals surface area contributed by atoms with Gasteiger partial charge in [0.2, 0.25) is 0 Å². The van der Waals surface area contributed by atoms with Gasteiger partial charge in [0.15, 0.2) is 0 Å². The van der Waals surface area contributed by atoms with Crippen LogP contribution >= 0.6 is 0 Å². The second kappa shape index (κ2) is 6.14. The number of nitrogens with two attached hydrogens (primary N) is 2. The van der Waals surface area contributed by atoms with E-state index in [-0.39, 0.29) is 5.66 Å². The van der Waals surface area contributed by atoms with Gasteiger partial charge in [0.25, 0.3) is 0 Å². The molecule has 17 heavy (non-hydrogen) atoms. The maximum atomic E-state index is 5.89. The van der Waals surface area contributed by atoms with Crippen molar-refractivity contribution in [3.8, 4) is 0 Å². The zero-order valence-corrected chi connectivity index (χ0v) is 10.9. The van der Waals surface area contributed by atoms with Crippen molar-refractivity contribution in [2.45, 2.75) is 69.9 Å². The van der Waals surface area contributed by atoms with Gasteiger partial charge in [0.1, 0.15) is 0 Å². The minimum atomic E-state index is -0.221. The molecule has 4 nitrogen and oxygen atoms in total. The summed E-state index contributed by atoms with van der Waals surface area (Å²) in [5.41, 5.74) is 5.92. The van der Waals surface area contributed by atoms with Gasteiger partial charge in [0.05, 0.1) is 5.66 Å². The predicted octanol–water partition coefficient (Wildman–Crippen LogP) is 1.77. The molecule has 0 aromatic carbocycles. The fourth-order valence-corrected chi connectivity index (χ4v) is 3.96. The Balaban J connectivity index is 2.10. The Labute approximate surface area is 105 Å². The van der Waals surface area contributed by atoms with Gasteiger partial charge < -0.3 is 0 Å². The molecule has 2 aliphatic carbocycles. The minimum absolute atomic E-state index is 0.221. The summed E-state index contributed by atoms with van der Waals surface area (Å²) in [7, 11) is 0. The van der Waals surface area contributed by atoms with Gasteiger partial charge in [-0.25, -0.2) is 10.9 Å². The minimum Gasteiger partial charge on any atom is -0.270 e. The topological polar surface area (TPSA) is 76.1 Å². The molecule has 0 unspecified atom stereocenters. The van der Waals surface area contributed by atoms with E-state index in [2.05, 4.69) is 10.9 Å². The van der Waals surface area contributed by atoms with Crippen LogP contribution in [-0.2, 0) is 0 Å². The number of rotatable bonds is 4. The summed E-state index contributed by atoms with van der Waals surface area (Å²) >= 11 is 0. The van der Waals surface area contributed by atoms with E-state index in [1.165, 1.54) is 64.2 Å². The van der Waals surface area contributed by atoms with Crippen LogP contribution in [0.3, 0.4) is 0 Å². The van der Waals surface area contributed by atoms with Crippen LogP contribution in [0.25, 0.3) is 0 Å². The lowest BCUT2D eigenvalue weighted by Crippen LogP contribution is -2.70. The molecular weight excluding hydrogens is 212 g/mol. The SMILES string of the molecule is NNC(NN)(C1CCCCC1)C1CCCCC1. The van der Waals surface area contributed by atoms with Crippen molar-refractivity contribution in [2.75, 3.05) is 0 Å². The third-order valence-electron chi connectivity index (χ3n) is 4.98. The zero-order chi connectivity index (χ0) is 12.1. The second-order valence-electron chi connectivity index (χ2n) is 5.83. The molecule has 6 N–H and O–H groups in total. The van der Waals surface area contributed by atoms with Gasteiger partial charge in [-0.15, -0.1) is 0 Å². The van der Waals surface area contributed by atoms with Crippen LogP contribution in [0.1, 0.15) is 64.2 Å². The smallest absolute Gasteiger partial charge is 0.0993 e. The summed E-state index contributed by atoms with van der Waals surface area (Å²) < 4.78 is 0. The Bertz CT molecular complexity index is 195. The first-order valence-corrected chi connectivity index (χ1v) is 7.29. The van der Waals surface area contributed by atoms with E-state index in [4.69, 9.17) is 11.7 Å². The summed E-state index contributed by atoms with van der Waals surface area (Å²) in [5, 5.41) is 0. The van der Waals surface area contributed by atoms with E-state index >= 15 is 0 Å². The van der Waals surface area contributed by atoms with Crippen molar-refractivity contribution in [3.63, 3.8) is 0 Å². The molecule has 0 aliphatic heterocycles. The first-order chi connectivity index (χ1) is 8.33. The van der Waals surface area contributed by atoms with Gasteiger partial charge >= 0.3 is 0 Å². The molecular formula is C13H28N4. The molecule has 2 rings (SSSR count). The number of hydrazine groups is 2. The maximum absolute atomic E-state index is 5.89. The van der Waals surface area contributed by atoms with Crippen LogP contribution in [0, 0.1) is 11.8 Å². The molecule has 100 valence electrons. The van der Waals surface area contributed by atoms with Gasteiger partial charge in [0, 0.05) is 0 Å². The van der Waals surface area contributed by atoms with E-state index in [9.17, 15) is 0 Å². The van der Waals surface area contributed by atoms with Crippen molar-refractivity contribution in [2.24, 2.45) is 23.5 Å². The van der Waals surface area contributed by atoms with Crippen LogP contribution in [-0.4, -0.2) is 5.66 Å². The molecule has 0 saturated heterocycles. The third-order valence-corrected chi connectivity index (χ3v) is 4.98. The summed E-state index contributed by atoms with van der Waals surface area (Å²) in [6.45, 7) is 0. The normalized spacial score (nSPS) is 25.1. The van der Waals surface area contributed by atoms with Crippen molar-refractivity contribution in [1.29, 1.82) is 0 Å². The maximum Gasteiger partial charge on any atom is 0.0993 e. The van der Waals surface area contributed by atoms with Gasteiger partial charge in [-0.3, -0.25) is 11.7 Å². The van der Waals surface area contributed by atoms with Gasteiger partial charge in [-0.1, -0.05) is 38.5 Å². The van der Waals surface area contributed by atoms with Crippen LogP contribution < -0.4 is 22.5 Å². The quantitative estimate of drug-likeness (QED) is 0.343. The van der Waals surface area contributed by atoms with Gasteiger partial charge in [-0.2, -0.15) is 0 Å². The highest BCUT2D eigenvalue weighted by molar-refractivity contribution is 4.96. The average Bonchev–Trinajstić information content (AvgIpc) is 2.43. The largest absolute Gasteiger partial charge is 0.270 e. The Kier molecular flexibility index (Phi) is 4.79. The molecule has 0 aromatic rings. The van der Waals surface area contributed by atoms with E-state index in [0.29, 0.717) is 11.8 Å². The highest BCUT2D eigenvalue weighted by Crippen LogP contribution is 2.40. The standard InChI is InChI=1S/C13H28N4/c14-16-13(17-15,11-7-3-1-4-8-11)12-9-5-2-6-10-12/h11-12,16-17H,1-10,14-15H2. The first kappa shape index (κ1) is 13.3. The molecule has 2 saturated carbocycles. The Morgan fingerprint density at radius 2 is 1.00 bits per heavy atom. The zero-order valence-electron chi connectivity index (χ0n) is 10.9. The highest BCUT2D eigenvalue weighted by atomic mass is 15.4. The van der Waals surface area contributed by atoms with Crippen molar-refractivity contribution in [1.82, 2.24) is 10.9 Å². The molecule has 0 heterocycles. The van der Waals surface area contributed by atoms with E-state index < -0.39 is 0 Å². The summed E-state index contributed by atoms with van der Waals surface area (Å²) in [5.74, 6) is 13.0. The Hall–Kier alpha value is -0.160. The van der Waals surface area contributed by atoms with Crippen molar-refractivity contribution in [3.05, 3.63) is 0 Å². The summed E-state index contributed by atoms with van der Waals surface area (Å²) in [4.78, 5) is 0. The highest BCUT2D eigenvalue weighted by Gasteiger charge is 2.44. The number of hydrogen-bond donors (Lipinski definition) is 4. The molecule has 0 atom stereocenters. The third kappa shape index (κ3) is 2.65. The monoisotopic (exact) mass is 240 g/mol. The second-order valence-corrected chi connectivity index (χ2v) is 5.83. The van der Waals surface area contributed by atoms with Gasteiger partial charge in [-0.05, 0) is 37.5 Å². The van der Waals surface area contributed by atoms with Crippen molar-refractivity contribution < 1.29 is 0 Å². The Morgan fingerprint density at radius 3 is 1.29 bits per heavy atom. The molecule has 4 heteroatoms. The van der Waals surface area contributed by atoms with E-state index in [1.807, 2.05) is 0 Å². The molecule has 0 radical (unpaired) electrons. The molecule has 0 bridgehead atoms. The lowest BCUT2D eigenvalue weighted by molar-refractivity contribution is 0.0372. The first-order valence-electron chi connectivity index (χ1n) is 7.29. The summed E-state index contributed by atoms with van der Waals surface area (Å²) in [6, 6.07) is 0. The predicted molar refractivity (Wildman–Crippen MR) is 70.5 cm³/mol. The molecule has 0 amide bonds. The fraction of sp³-hybridized carbons (Fsp3) is 1.00. The van der Waals surface area contributed by atoms with Crippen LogP contribution in [0.15, 0.2) is 0 Å². The molecule has 2 aliphatic rings. The Morgan fingerprint density at radius 1 is 0.647 bits per heavy atom.